The van der Waals surface area contributed by atoms with Gasteiger partial charge in [-0.15, -0.1) is 11.6 Å². The molecule has 0 aliphatic rings. The minimum atomic E-state index is 0.283. The Balaban J connectivity index is 2.19. The van der Waals surface area contributed by atoms with Crippen molar-refractivity contribution in [3.8, 4) is 5.69 Å². The second-order valence-electron chi connectivity index (χ2n) is 4.95. The van der Waals surface area contributed by atoms with Gasteiger partial charge in [0, 0.05) is 5.92 Å². The maximum atomic E-state index is 6.05. The molecule has 3 aromatic rings. The molecule has 0 unspecified atom stereocenters. The van der Waals surface area contributed by atoms with Crippen LogP contribution in [0.4, 0.5) is 0 Å². The molecule has 20 heavy (non-hydrogen) atoms. The van der Waals surface area contributed by atoms with E-state index in [0.717, 1.165) is 28.2 Å². The van der Waals surface area contributed by atoms with Crippen molar-refractivity contribution >= 4 is 22.6 Å². The number of nitrogens with zero attached hydrogens (tertiary/aromatic N) is 4. The first kappa shape index (κ1) is 13.1. The van der Waals surface area contributed by atoms with Crippen molar-refractivity contribution in [2.24, 2.45) is 0 Å². The molecular weight excluding hydrogens is 272 g/mol. The Bertz CT molecular complexity index is 748. The normalized spacial score (nSPS) is 11.4. The third kappa shape index (κ3) is 2.16. The molecule has 0 atom stereocenters. The summed E-state index contributed by atoms with van der Waals surface area (Å²) in [7, 11) is 0. The summed E-state index contributed by atoms with van der Waals surface area (Å²) in [6.45, 7) is 4.14. The Hall–Kier alpha value is -1.94. The first-order valence-electron chi connectivity index (χ1n) is 6.55. The highest BCUT2D eigenvalue weighted by atomic mass is 35.5. The molecule has 5 heteroatoms. The number of hydrogen-bond acceptors (Lipinski definition) is 3. The molecule has 3 rings (SSSR count). The minimum absolute atomic E-state index is 0.283. The van der Waals surface area contributed by atoms with Crippen molar-refractivity contribution < 1.29 is 0 Å². The van der Waals surface area contributed by atoms with E-state index in [1.165, 1.54) is 0 Å². The van der Waals surface area contributed by atoms with Gasteiger partial charge in [0.05, 0.1) is 34.5 Å². The fourth-order valence-corrected chi connectivity index (χ4v) is 2.35. The van der Waals surface area contributed by atoms with Gasteiger partial charge in [-0.2, -0.15) is 0 Å². The second-order valence-corrected chi connectivity index (χ2v) is 5.22. The Morgan fingerprint density at radius 1 is 1.20 bits per heavy atom. The highest BCUT2D eigenvalue weighted by Crippen LogP contribution is 2.22. The molecule has 0 amide bonds. The van der Waals surface area contributed by atoms with E-state index < -0.39 is 0 Å². The Labute approximate surface area is 122 Å². The maximum absolute atomic E-state index is 6.05. The number of para-hydroxylation sites is 2. The monoisotopic (exact) mass is 286 g/mol. The lowest BCUT2D eigenvalue weighted by molar-refractivity contribution is 0.759. The third-order valence-corrected chi connectivity index (χ3v) is 3.47. The van der Waals surface area contributed by atoms with E-state index in [2.05, 4.69) is 28.8 Å². The molecule has 2 heterocycles. The highest BCUT2D eigenvalue weighted by molar-refractivity contribution is 6.17. The molecule has 0 fully saturated rings. The molecule has 0 spiro atoms. The van der Waals surface area contributed by atoms with Crippen LogP contribution in [0, 0.1) is 0 Å². The van der Waals surface area contributed by atoms with Crippen LogP contribution in [-0.2, 0) is 5.88 Å². The molecule has 102 valence electrons. The zero-order chi connectivity index (χ0) is 14.1. The largest absolute Gasteiger partial charge is 0.295 e. The molecule has 0 saturated heterocycles. The van der Waals surface area contributed by atoms with Crippen LogP contribution in [0.15, 0.2) is 36.8 Å². The molecule has 4 nitrogen and oxygen atoms in total. The molecule has 0 radical (unpaired) electrons. The summed E-state index contributed by atoms with van der Waals surface area (Å²) in [6.07, 6.45) is 3.61. The van der Waals surface area contributed by atoms with Crippen LogP contribution in [0.2, 0.25) is 0 Å². The van der Waals surface area contributed by atoms with Gasteiger partial charge in [0.2, 0.25) is 0 Å². The summed E-state index contributed by atoms with van der Waals surface area (Å²) < 4.78 is 1.98. The van der Waals surface area contributed by atoms with E-state index in [-0.39, 0.29) is 5.92 Å². The quantitative estimate of drug-likeness (QED) is 0.690. The van der Waals surface area contributed by atoms with E-state index in [1.807, 2.05) is 35.0 Å². The zero-order valence-corrected chi connectivity index (χ0v) is 12.2. The lowest BCUT2D eigenvalue weighted by Gasteiger charge is -2.11. The number of fused-ring (bicyclic) bond motifs is 1. The number of imidazole rings is 1. The van der Waals surface area contributed by atoms with Gasteiger partial charge < -0.3 is 0 Å². The molecule has 0 aliphatic carbocycles. The van der Waals surface area contributed by atoms with Crippen LogP contribution in [0.1, 0.15) is 31.3 Å². The van der Waals surface area contributed by atoms with E-state index in [4.69, 9.17) is 11.6 Å². The first-order chi connectivity index (χ1) is 9.70. The summed E-state index contributed by atoms with van der Waals surface area (Å²) >= 11 is 6.05. The van der Waals surface area contributed by atoms with Gasteiger partial charge in [-0.25, -0.2) is 15.0 Å². The average Bonchev–Trinajstić information content (AvgIpc) is 2.90. The van der Waals surface area contributed by atoms with Gasteiger partial charge in [0.25, 0.3) is 0 Å². The number of alkyl halides is 1. The number of rotatable bonds is 3. The number of benzene rings is 1. The first-order valence-corrected chi connectivity index (χ1v) is 7.08. The minimum Gasteiger partial charge on any atom is -0.295 e. The summed E-state index contributed by atoms with van der Waals surface area (Å²) in [5, 5.41) is 0. The van der Waals surface area contributed by atoms with Gasteiger partial charge in [-0.3, -0.25) is 4.57 Å². The molecule has 1 aromatic carbocycles. The van der Waals surface area contributed by atoms with Crippen molar-refractivity contribution in [2.45, 2.75) is 25.6 Å². The van der Waals surface area contributed by atoms with Crippen molar-refractivity contribution in [3.63, 3.8) is 0 Å². The number of hydrogen-bond donors (Lipinski definition) is 0. The van der Waals surface area contributed by atoms with Crippen molar-refractivity contribution in [1.82, 2.24) is 19.5 Å². The number of aromatic nitrogens is 4. The van der Waals surface area contributed by atoms with Gasteiger partial charge in [-0.1, -0.05) is 26.0 Å². The van der Waals surface area contributed by atoms with E-state index in [1.54, 1.807) is 6.33 Å². The fourth-order valence-electron chi connectivity index (χ4n) is 2.16. The Morgan fingerprint density at radius 3 is 2.75 bits per heavy atom. The molecule has 0 N–H and O–H groups in total. The van der Waals surface area contributed by atoms with Crippen molar-refractivity contribution in [3.05, 3.63) is 48.3 Å². The summed E-state index contributed by atoms with van der Waals surface area (Å²) in [5.41, 5.74) is 3.69. The van der Waals surface area contributed by atoms with E-state index in [9.17, 15) is 0 Å². The molecule has 2 aromatic heterocycles. The Morgan fingerprint density at radius 2 is 2.00 bits per heavy atom. The summed E-state index contributed by atoms with van der Waals surface area (Å²) in [5.74, 6) is 1.45. The predicted octanol–water partition coefficient (Wildman–Crippen LogP) is 3.68. The van der Waals surface area contributed by atoms with Crippen LogP contribution >= 0.6 is 11.6 Å². The molecular formula is C15H15ClN4. The van der Waals surface area contributed by atoms with Crippen molar-refractivity contribution in [1.29, 1.82) is 0 Å². The van der Waals surface area contributed by atoms with Crippen molar-refractivity contribution in [2.75, 3.05) is 0 Å². The van der Waals surface area contributed by atoms with Crippen LogP contribution < -0.4 is 0 Å². The predicted molar refractivity (Wildman–Crippen MR) is 80.3 cm³/mol. The fraction of sp³-hybridized carbons (Fsp3) is 0.267. The zero-order valence-electron chi connectivity index (χ0n) is 11.4. The standard InChI is InChI=1S/C15H15ClN4/c1-10(2)15-17-8-14(12(7-16)19-15)20-9-18-11-5-3-4-6-13(11)20/h3-6,8-10H,7H2,1-2H3. The highest BCUT2D eigenvalue weighted by Gasteiger charge is 2.12. The number of halogens is 1. The molecule has 0 bridgehead atoms. The SMILES string of the molecule is CC(C)c1ncc(-n2cnc3ccccc32)c(CCl)n1. The summed E-state index contributed by atoms with van der Waals surface area (Å²) in [6, 6.07) is 7.97. The lowest BCUT2D eigenvalue weighted by Crippen LogP contribution is -2.06. The van der Waals surface area contributed by atoms with Gasteiger partial charge in [-0.05, 0) is 12.1 Å². The van der Waals surface area contributed by atoms with Crippen LogP contribution in [0.3, 0.4) is 0 Å². The third-order valence-electron chi connectivity index (χ3n) is 3.22. The van der Waals surface area contributed by atoms with Gasteiger partial charge in [0.1, 0.15) is 12.2 Å². The van der Waals surface area contributed by atoms with Crippen LogP contribution in [0.5, 0.6) is 0 Å². The average molecular weight is 287 g/mol. The van der Waals surface area contributed by atoms with Crippen LogP contribution in [-0.4, -0.2) is 19.5 Å². The van der Waals surface area contributed by atoms with Gasteiger partial charge >= 0.3 is 0 Å². The Kier molecular flexibility index (Phi) is 3.40. The topological polar surface area (TPSA) is 43.6 Å². The molecule has 0 aliphatic heterocycles. The second kappa shape index (κ2) is 5.21. The van der Waals surface area contributed by atoms with Crippen LogP contribution in [0.25, 0.3) is 16.7 Å². The lowest BCUT2D eigenvalue weighted by atomic mass is 10.2. The van der Waals surface area contributed by atoms with E-state index in [0.29, 0.717) is 5.88 Å². The summed E-state index contributed by atoms with van der Waals surface area (Å²) in [4.78, 5) is 13.4. The van der Waals surface area contributed by atoms with E-state index >= 15 is 0 Å². The smallest absolute Gasteiger partial charge is 0.131 e. The maximum Gasteiger partial charge on any atom is 0.131 e. The van der Waals surface area contributed by atoms with Gasteiger partial charge in [0.15, 0.2) is 0 Å². The molecule has 0 saturated carbocycles.